The quantitative estimate of drug-likeness (QED) is 0.562. The molecule has 2 aliphatic rings. The Kier molecular flexibility index (Phi) is 6.76. The first kappa shape index (κ1) is 23.3. The molecule has 0 radical (unpaired) electrons. The predicted octanol–water partition coefficient (Wildman–Crippen LogP) is 1.87. The Morgan fingerprint density at radius 1 is 1.12 bits per heavy atom. The van der Waals surface area contributed by atoms with Gasteiger partial charge in [-0.15, -0.1) is 5.10 Å². The molecule has 5 rings (SSSR count). The molecular weight excluding hydrogens is 473 g/mol. The van der Waals surface area contributed by atoms with Crippen LogP contribution in [-0.4, -0.2) is 64.4 Å². The van der Waals surface area contributed by atoms with E-state index in [1.165, 1.54) is 12.4 Å². The second kappa shape index (κ2) is 9.57. The summed E-state index contributed by atoms with van der Waals surface area (Å²) in [6, 6.07) is 4.91. The predicted molar refractivity (Wildman–Crippen MR) is 118 cm³/mol. The fraction of sp³-hybridized carbons (Fsp3) is 0.474. The lowest BCUT2D eigenvalue weighted by Gasteiger charge is -2.31. The first-order valence-corrected chi connectivity index (χ1v) is 12.5. The van der Waals surface area contributed by atoms with Crippen molar-refractivity contribution >= 4 is 44.3 Å². The van der Waals surface area contributed by atoms with Crippen LogP contribution in [-0.2, 0) is 21.6 Å². The van der Waals surface area contributed by atoms with E-state index in [0.717, 1.165) is 18.4 Å². The SMILES string of the molecule is Cc1ccc(Nc2ncnc3c2nnn3C2CCN(S(=O)(=O)C3CC3)CC2)c(F)c1.O=S=O. The van der Waals surface area contributed by atoms with E-state index in [-0.39, 0.29) is 17.1 Å². The molecule has 1 aliphatic carbocycles. The summed E-state index contributed by atoms with van der Waals surface area (Å²) in [4.78, 5) is 8.53. The molecular formula is C19H22FN7O4S2. The van der Waals surface area contributed by atoms with Gasteiger partial charge >= 0.3 is 11.6 Å². The van der Waals surface area contributed by atoms with Crippen molar-refractivity contribution < 1.29 is 21.2 Å². The lowest BCUT2D eigenvalue weighted by Crippen LogP contribution is -2.40. The Labute approximate surface area is 193 Å². The Morgan fingerprint density at radius 3 is 2.45 bits per heavy atom. The Hall–Kier alpha value is -2.84. The molecule has 1 saturated heterocycles. The molecule has 0 unspecified atom stereocenters. The van der Waals surface area contributed by atoms with E-state index >= 15 is 0 Å². The second-order valence-electron chi connectivity index (χ2n) is 7.98. The number of benzene rings is 1. The van der Waals surface area contributed by atoms with Crippen LogP contribution in [0.2, 0.25) is 0 Å². The largest absolute Gasteiger partial charge is 0.336 e. The minimum Gasteiger partial charge on any atom is -0.336 e. The van der Waals surface area contributed by atoms with Crippen LogP contribution < -0.4 is 5.32 Å². The molecule has 33 heavy (non-hydrogen) atoms. The van der Waals surface area contributed by atoms with Gasteiger partial charge in [0.2, 0.25) is 10.0 Å². The van der Waals surface area contributed by atoms with Gasteiger partial charge in [0.1, 0.15) is 12.1 Å². The van der Waals surface area contributed by atoms with E-state index in [1.807, 2.05) is 13.0 Å². The van der Waals surface area contributed by atoms with Crippen LogP contribution in [0.5, 0.6) is 0 Å². The number of aryl methyl sites for hydroxylation is 1. The summed E-state index contributed by atoms with van der Waals surface area (Å²) in [6.07, 6.45) is 4.21. The molecule has 1 N–H and O–H groups in total. The normalized spacial score (nSPS) is 17.4. The average molecular weight is 496 g/mol. The van der Waals surface area contributed by atoms with Crippen molar-refractivity contribution in [1.82, 2.24) is 29.3 Å². The standard InChI is InChI=1S/C19H22FN7O2S.O2S/c1-12-2-5-16(15(20)10-12)23-18-17-19(22-11-21-18)27(25-24-17)13-6-8-26(9-7-13)30(28,29)14-3-4-14;1-3-2/h2,5,10-11,13-14H,3-4,6-9H2,1H3,(H,21,22,23);. The average Bonchev–Trinajstić information content (AvgIpc) is 3.57. The number of halogens is 1. The molecule has 0 spiro atoms. The summed E-state index contributed by atoms with van der Waals surface area (Å²) in [5.74, 6) is 0.00106. The third kappa shape index (κ3) is 4.91. The Morgan fingerprint density at radius 2 is 1.82 bits per heavy atom. The van der Waals surface area contributed by atoms with Crippen molar-refractivity contribution in [2.75, 3.05) is 18.4 Å². The number of anilines is 2. The number of sulfonamides is 1. The maximum Gasteiger partial charge on any atom is 0.335 e. The molecule has 2 fully saturated rings. The van der Waals surface area contributed by atoms with Crippen molar-refractivity contribution in [3.8, 4) is 0 Å². The number of hydrogen-bond donors (Lipinski definition) is 1. The number of nitrogens with zero attached hydrogens (tertiary/aromatic N) is 6. The van der Waals surface area contributed by atoms with Crippen LogP contribution in [0, 0.1) is 12.7 Å². The number of piperidine rings is 1. The Bertz CT molecular complexity index is 1300. The molecule has 14 heteroatoms. The highest BCUT2D eigenvalue weighted by molar-refractivity contribution is 7.90. The summed E-state index contributed by atoms with van der Waals surface area (Å²) in [6.45, 7) is 2.76. The monoisotopic (exact) mass is 495 g/mol. The van der Waals surface area contributed by atoms with Gasteiger partial charge in [0, 0.05) is 13.1 Å². The van der Waals surface area contributed by atoms with Gasteiger partial charge in [-0.3, -0.25) is 0 Å². The van der Waals surface area contributed by atoms with E-state index in [2.05, 4.69) is 25.6 Å². The zero-order valence-electron chi connectivity index (χ0n) is 17.7. The van der Waals surface area contributed by atoms with E-state index in [9.17, 15) is 12.8 Å². The van der Waals surface area contributed by atoms with Gasteiger partial charge in [-0.05, 0) is 50.3 Å². The first-order chi connectivity index (χ1) is 15.8. The highest BCUT2D eigenvalue weighted by atomic mass is 32.2. The fourth-order valence-corrected chi connectivity index (χ4v) is 5.74. The lowest BCUT2D eigenvalue weighted by molar-refractivity contribution is 0.262. The van der Waals surface area contributed by atoms with Gasteiger partial charge in [0.15, 0.2) is 17.0 Å². The van der Waals surface area contributed by atoms with Crippen LogP contribution in [0.1, 0.15) is 37.3 Å². The molecule has 2 aromatic heterocycles. The van der Waals surface area contributed by atoms with Crippen molar-refractivity contribution in [2.24, 2.45) is 0 Å². The van der Waals surface area contributed by atoms with Crippen LogP contribution in [0.4, 0.5) is 15.9 Å². The van der Waals surface area contributed by atoms with E-state index in [1.54, 1.807) is 15.1 Å². The van der Waals surface area contributed by atoms with E-state index in [0.29, 0.717) is 48.6 Å². The molecule has 3 aromatic rings. The lowest BCUT2D eigenvalue weighted by atomic mass is 10.1. The molecule has 11 nitrogen and oxygen atoms in total. The first-order valence-electron chi connectivity index (χ1n) is 10.3. The van der Waals surface area contributed by atoms with Crippen molar-refractivity contribution in [3.63, 3.8) is 0 Å². The molecule has 1 aliphatic heterocycles. The van der Waals surface area contributed by atoms with Gasteiger partial charge in [0.25, 0.3) is 0 Å². The molecule has 0 atom stereocenters. The zero-order chi connectivity index (χ0) is 23.6. The zero-order valence-corrected chi connectivity index (χ0v) is 19.4. The third-order valence-corrected chi connectivity index (χ3v) is 8.11. The number of nitrogens with one attached hydrogen (secondary N) is 1. The number of aromatic nitrogens is 5. The summed E-state index contributed by atoms with van der Waals surface area (Å²) < 4.78 is 59.0. The molecule has 1 aromatic carbocycles. The van der Waals surface area contributed by atoms with Crippen molar-refractivity contribution in [3.05, 3.63) is 35.9 Å². The number of rotatable bonds is 5. The highest BCUT2D eigenvalue weighted by Crippen LogP contribution is 2.34. The summed E-state index contributed by atoms with van der Waals surface area (Å²) >= 11 is -0.750. The summed E-state index contributed by atoms with van der Waals surface area (Å²) in [7, 11) is -3.16. The summed E-state index contributed by atoms with van der Waals surface area (Å²) in [5.41, 5.74) is 2.12. The minimum atomic E-state index is -3.16. The molecule has 0 bridgehead atoms. The van der Waals surface area contributed by atoms with Crippen molar-refractivity contribution in [2.45, 2.75) is 43.9 Å². The second-order valence-corrected chi connectivity index (χ2v) is 10.3. The third-order valence-electron chi connectivity index (χ3n) is 5.71. The van der Waals surface area contributed by atoms with Gasteiger partial charge in [0.05, 0.1) is 17.0 Å². The maximum absolute atomic E-state index is 14.2. The molecule has 3 heterocycles. The fourth-order valence-electron chi connectivity index (χ4n) is 3.87. The van der Waals surface area contributed by atoms with Gasteiger partial charge < -0.3 is 5.32 Å². The number of hydrogen-bond acceptors (Lipinski definition) is 9. The number of fused-ring (bicyclic) bond motifs is 1. The van der Waals surface area contributed by atoms with Crippen LogP contribution in [0.3, 0.4) is 0 Å². The van der Waals surface area contributed by atoms with Gasteiger partial charge in [-0.25, -0.2) is 31.8 Å². The van der Waals surface area contributed by atoms with E-state index in [4.69, 9.17) is 8.42 Å². The van der Waals surface area contributed by atoms with Crippen molar-refractivity contribution in [1.29, 1.82) is 0 Å². The van der Waals surface area contributed by atoms with Crippen LogP contribution in [0.15, 0.2) is 24.5 Å². The van der Waals surface area contributed by atoms with E-state index < -0.39 is 21.6 Å². The van der Waals surface area contributed by atoms with Gasteiger partial charge in [-0.2, -0.15) is 8.42 Å². The maximum atomic E-state index is 14.2. The topological polar surface area (TPSA) is 140 Å². The highest BCUT2D eigenvalue weighted by Gasteiger charge is 2.41. The molecule has 176 valence electrons. The molecule has 1 saturated carbocycles. The van der Waals surface area contributed by atoms with Gasteiger partial charge in [-0.1, -0.05) is 11.3 Å². The van der Waals surface area contributed by atoms with Crippen LogP contribution in [0.25, 0.3) is 11.2 Å². The van der Waals surface area contributed by atoms with Crippen LogP contribution >= 0.6 is 0 Å². The molecule has 0 amide bonds. The summed E-state index contributed by atoms with van der Waals surface area (Å²) in [5, 5.41) is 11.3. The minimum absolute atomic E-state index is 0.000450. The smallest absolute Gasteiger partial charge is 0.335 e. The Balaban J connectivity index is 0.000000821.